The molecule has 0 unspecified atom stereocenters. The Balaban J connectivity index is 2.10. The Morgan fingerprint density at radius 2 is 1.90 bits per heavy atom. The highest BCUT2D eigenvalue weighted by atomic mass is 16.2. The molecule has 1 saturated carbocycles. The molecule has 0 atom stereocenters. The van der Waals surface area contributed by atoms with Crippen molar-refractivity contribution in [3.8, 4) is 5.69 Å². The normalized spacial score (nSPS) is 14.5. The predicted molar refractivity (Wildman–Crippen MR) is 77.7 cm³/mol. The van der Waals surface area contributed by atoms with Crippen LogP contribution in [0.25, 0.3) is 16.6 Å². The highest BCUT2D eigenvalue weighted by Gasteiger charge is 2.24. The lowest BCUT2D eigenvalue weighted by Gasteiger charge is -2.10. The third-order valence-electron chi connectivity index (χ3n) is 3.78. The van der Waals surface area contributed by atoms with Gasteiger partial charge in [-0.1, -0.05) is 6.07 Å². The second-order valence-corrected chi connectivity index (χ2v) is 5.24. The predicted octanol–water partition coefficient (Wildman–Crippen LogP) is 1.35. The number of nitrogens with one attached hydrogen (secondary N) is 1. The van der Waals surface area contributed by atoms with Crippen LogP contribution >= 0.6 is 0 Å². The molecule has 0 amide bonds. The minimum absolute atomic E-state index is 0.370. The van der Waals surface area contributed by atoms with Crippen molar-refractivity contribution in [2.24, 2.45) is 0 Å². The van der Waals surface area contributed by atoms with Crippen molar-refractivity contribution < 1.29 is 0 Å². The van der Waals surface area contributed by atoms with Gasteiger partial charge in [-0.2, -0.15) is 0 Å². The molecule has 0 radical (unpaired) electrons. The van der Waals surface area contributed by atoms with Crippen LogP contribution in [-0.4, -0.2) is 19.5 Å². The van der Waals surface area contributed by atoms with E-state index < -0.39 is 5.69 Å². The summed E-state index contributed by atoms with van der Waals surface area (Å²) >= 11 is 0. The van der Waals surface area contributed by atoms with Crippen LogP contribution in [0.15, 0.2) is 46.5 Å². The van der Waals surface area contributed by atoms with E-state index in [1.54, 1.807) is 18.5 Å². The zero-order chi connectivity index (χ0) is 14.4. The summed E-state index contributed by atoms with van der Waals surface area (Å²) < 4.78 is 1.45. The molecular formula is C15H12N4O2. The molecule has 1 aliphatic carbocycles. The third-order valence-corrected chi connectivity index (χ3v) is 3.78. The fourth-order valence-corrected chi connectivity index (χ4v) is 2.59. The zero-order valence-electron chi connectivity index (χ0n) is 11.1. The topological polar surface area (TPSA) is 80.6 Å². The summed E-state index contributed by atoms with van der Waals surface area (Å²) in [5, 5.41) is 0.489. The Morgan fingerprint density at radius 1 is 1.14 bits per heavy atom. The van der Waals surface area contributed by atoms with Gasteiger partial charge in [0, 0.05) is 0 Å². The average molecular weight is 280 g/mol. The average Bonchev–Trinajstić information content (AvgIpc) is 3.32. The van der Waals surface area contributed by atoms with E-state index in [1.165, 1.54) is 10.9 Å². The molecule has 21 heavy (non-hydrogen) atoms. The number of rotatable bonds is 2. The SMILES string of the molecule is O=c1[nH]c(=O)n(-c2cncnc2)c2cc(C3CC3)ccc12. The Kier molecular flexibility index (Phi) is 2.50. The summed E-state index contributed by atoms with van der Waals surface area (Å²) in [7, 11) is 0. The number of aromatic nitrogens is 4. The number of hydrogen-bond donors (Lipinski definition) is 1. The Labute approximate surface area is 119 Å². The van der Waals surface area contributed by atoms with Gasteiger partial charge in [0.15, 0.2) is 0 Å². The molecule has 3 aromatic rings. The monoisotopic (exact) mass is 280 g/mol. The molecular weight excluding hydrogens is 268 g/mol. The highest BCUT2D eigenvalue weighted by Crippen LogP contribution is 2.40. The van der Waals surface area contributed by atoms with E-state index in [2.05, 4.69) is 15.0 Å². The van der Waals surface area contributed by atoms with Crippen molar-refractivity contribution in [1.29, 1.82) is 0 Å². The molecule has 1 N–H and O–H groups in total. The second kappa shape index (κ2) is 4.37. The molecule has 0 spiro atoms. The Morgan fingerprint density at radius 3 is 2.62 bits per heavy atom. The van der Waals surface area contributed by atoms with Crippen molar-refractivity contribution in [2.75, 3.05) is 0 Å². The lowest BCUT2D eigenvalue weighted by molar-refractivity contribution is 0.921. The van der Waals surface area contributed by atoms with Crippen molar-refractivity contribution in [1.82, 2.24) is 19.5 Å². The van der Waals surface area contributed by atoms with E-state index in [0.29, 0.717) is 22.5 Å². The van der Waals surface area contributed by atoms with Gasteiger partial charge in [0.2, 0.25) is 0 Å². The quantitative estimate of drug-likeness (QED) is 0.768. The van der Waals surface area contributed by atoms with Gasteiger partial charge in [-0.15, -0.1) is 0 Å². The lowest BCUT2D eigenvalue weighted by Crippen LogP contribution is -2.29. The van der Waals surface area contributed by atoms with Crippen molar-refractivity contribution in [3.63, 3.8) is 0 Å². The van der Waals surface area contributed by atoms with Gasteiger partial charge in [-0.25, -0.2) is 14.8 Å². The summed E-state index contributed by atoms with van der Waals surface area (Å²) in [6, 6.07) is 5.67. The van der Waals surface area contributed by atoms with Crippen molar-refractivity contribution >= 4 is 10.9 Å². The molecule has 1 aromatic carbocycles. The minimum atomic E-state index is -0.477. The van der Waals surface area contributed by atoms with Gasteiger partial charge >= 0.3 is 5.69 Å². The maximum absolute atomic E-state index is 12.2. The van der Waals surface area contributed by atoms with Crippen LogP contribution in [0.1, 0.15) is 24.3 Å². The lowest BCUT2D eigenvalue weighted by atomic mass is 10.1. The fraction of sp³-hybridized carbons (Fsp3) is 0.200. The van der Waals surface area contributed by atoms with E-state index in [4.69, 9.17) is 0 Å². The summed E-state index contributed by atoms with van der Waals surface area (Å²) in [6.07, 6.45) is 6.82. The number of H-pyrrole nitrogens is 1. The second-order valence-electron chi connectivity index (χ2n) is 5.24. The Hall–Kier alpha value is -2.76. The minimum Gasteiger partial charge on any atom is -0.273 e. The summed E-state index contributed by atoms with van der Waals surface area (Å²) in [5.74, 6) is 0.546. The molecule has 2 heterocycles. The highest BCUT2D eigenvalue weighted by molar-refractivity contribution is 5.80. The van der Waals surface area contributed by atoms with E-state index in [-0.39, 0.29) is 5.56 Å². The van der Waals surface area contributed by atoms with E-state index in [9.17, 15) is 9.59 Å². The van der Waals surface area contributed by atoms with Crippen LogP contribution in [0, 0.1) is 0 Å². The van der Waals surface area contributed by atoms with Gasteiger partial charge < -0.3 is 0 Å². The summed E-state index contributed by atoms with van der Waals surface area (Å²) in [5.41, 5.74) is 1.46. The molecule has 4 rings (SSSR count). The zero-order valence-corrected chi connectivity index (χ0v) is 11.1. The van der Waals surface area contributed by atoms with Crippen LogP contribution in [0.3, 0.4) is 0 Å². The van der Waals surface area contributed by atoms with E-state index >= 15 is 0 Å². The first-order chi connectivity index (χ1) is 10.2. The largest absolute Gasteiger partial charge is 0.333 e. The van der Waals surface area contributed by atoms with Crippen LogP contribution in [0.2, 0.25) is 0 Å². The number of nitrogens with zero attached hydrogens (tertiary/aromatic N) is 3. The Bertz CT molecular complexity index is 939. The number of aromatic amines is 1. The first kappa shape index (κ1) is 12.0. The van der Waals surface area contributed by atoms with E-state index in [0.717, 1.165) is 18.4 Å². The van der Waals surface area contributed by atoms with Gasteiger partial charge in [0.05, 0.1) is 29.0 Å². The van der Waals surface area contributed by atoms with Crippen LogP contribution in [-0.2, 0) is 0 Å². The number of benzene rings is 1. The van der Waals surface area contributed by atoms with Crippen LogP contribution in [0.4, 0.5) is 0 Å². The molecule has 6 nitrogen and oxygen atoms in total. The molecule has 2 aromatic heterocycles. The molecule has 0 aliphatic heterocycles. The third kappa shape index (κ3) is 1.96. The van der Waals surface area contributed by atoms with Gasteiger partial charge in [0.1, 0.15) is 6.33 Å². The van der Waals surface area contributed by atoms with Crippen LogP contribution in [0.5, 0.6) is 0 Å². The van der Waals surface area contributed by atoms with Crippen molar-refractivity contribution in [2.45, 2.75) is 18.8 Å². The standard InChI is InChI=1S/C15H12N4O2/c20-14-12-4-3-10(9-1-2-9)5-13(12)19(15(21)18-14)11-6-16-8-17-7-11/h3-9H,1-2H2,(H,18,20,21). The van der Waals surface area contributed by atoms with Crippen LogP contribution < -0.4 is 11.2 Å². The smallest absolute Gasteiger partial charge is 0.273 e. The molecule has 0 saturated heterocycles. The fourth-order valence-electron chi connectivity index (χ4n) is 2.59. The first-order valence-electron chi connectivity index (χ1n) is 6.78. The van der Waals surface area contributed by atoms with Gasteiger partial charge in [-0.05, 0) is 36.5 Å². The van der Waals surface area contributed by atoms with E-state index in [1.807, 2.05) is 12.1 Å². The molecule has 0 bridgehead atoms. The molecule has 1 aliphatic rings. The molecule has 1 fully saturated rings. The van der Waals surface area contributed by atoms with Gasteiger partial charge in [-0.3, -0.25) is 14.3 Å². The number of fused-ring (bicyclic) bond motifs is 1. The summed E-state index contributed by atoms with van der Waals surface area (Å²) in [6.45, 7) is 0. The first-order valence-corrected chi connectivity index (χ1v) is 6.78. The van der Waals surface area contributed by atoms with Gasteiger partial charge in [0.25, 0.3) is 5.56 Å². The maximum atomic E-state index is 12.2. The molecule has 6 heteroatoms. The summed E-state index contributed by atoms with van der Waals surface area (Å²) in [4.78, 5) is 34.4. The maximum Gasteiger partial charge on any atom is 0.333 e. The van der Waals surface area contributed by atoms with Crippen molar-refractivity contribution in [3.05, 3.63) is 63.3 Å². The molecule has 104 valence electrons. The number of hydrogen-bond acceptors (Lipinski definition) is 4.